The lowest BCUT2D eigenvalue weighted by Crippen LogP contribution is -2.31. The molecule has 0 saturated heterocycles. The second-order valence-corrected chi connectivity index (χ2v) is 7.62. The highest BCUT2D eigenvalue weighted by molar-refractivity contribution is 5.93. The van der Waals surface area contributed by atoms with Gasteiger partial charge in [-0.2, -0.15) is 15.0 Å². The molecule has 1 fully saturated rings. The SMILES string of the molecule is CC(C)NC(=O)c1cnc(Nc2nc(NCCN(C)C)nc(C3CC3)n2)n1C. The largest absolute Gasteiger partial charge is 0.353 e. The van der Waals surface area contributed by atoms with Gasteiger partial charge in [0.1, 0.15) is 11.5 Å². The number of imidazole rings is 1. The van der Waals surface area contributed by atoms with E-state index in [0.717, 1.165) is 31.8 Å². The molecule has 2 heterocycles. The van der Waals surface area contributed by atoms with Gasteiger partial charge in [0.2, 0.25) is 17.8 Å². The van der Waals surface area contributed by atoms with E-state index in [2.05, 4.69) is 40.8 Å². The third-order valence-electron chi connectivity index (χ3n) is 4.30. The summed E-state index contributed by atoms with van der Waals surface area (Å²) in [4.78, 5) is 32.2. The van der Waals surface area contributed by atoms with Gasteiger partial charge in [-0.15, -0.1) is 0 Å². The first-order valence-corrected chi connectivity index (χ1v) is 9.57. The molecule has 1 aliphatic rings. The zero-order chi connectivity index (χ0) is 20.3. The van der Waals surface area contributed by atoms with Crippen LogP contribution in [0.4, 0.5) is 17.8 Å². The first kappa shape index (κ1) is 20.0. The normalized spacial score (nSPS) is 13.8. The third kappa shape index (κ3) is 5.16. The Morgan fingerprint density at radius 3 is 2.61 bits per heavy atom. The number of nitrogens with zero attached hydrogens (tertiary/aromatic N) is 6. The van der Waals surface area contributed by atoms with Crippen LogP contribution in [0.15, 0.2) is 6.20 Å². The van der Waals surface area contributed by atoms with E-state index in [9.17, 15) is 4.79 Å². The average Bonchev–Trinajstić information content (AvgIpc) is 3.39. The minimum absolute atomic E-state index is 0.0549. The van der Waals surface area contributed by atoms with Gasteiger partial charge in [0.05, 0.1) is 6.20 Å². The van der Waals surface area contributed by atoms with Crippen molar-refractivity contribution in [2.45, 2.75) is 38.6 Å². The molecule has 2 aromatic rings. The summed E-state index contributed by atoms with van der Waals surface area (Å²) in [7, 11) is 5.82. The zero-order valence-corrected chi connectivity index (χ0v) is 17.2. The molecule has 152 valence electrons. The van der Waals surface area contributed by atoms with Gasteiger partial charge < -0.3 is 20.1 Å². The number of rotatable bonds is 9. The van der Waals surface area contributed by atoms with Gasteiger partial charge in [0, 0.05) is 32.1 Å². The molecule has 1 aliphatic carbocycles. The maximum Gasteiger partial charge on any atom is 0.269 e. The first-order valence-electron chi connectivity index (χ1n) is 9.57. The van der Waals surface area contributed by atoms with Crippen LogP contribution in [0.25, 0.3) is 0 Å². The summed E-state index contributed by atoms with van der Waals surface area (Å²) in [6.45, 7) is 5.45. The summed E-state index contributed by atoms with van der Waals surface area (Å²) in [5.41, 5.74) is 0.469. The third-order valence-corrected chi connectivity index (χ3v) is 4.30. The van der Waals surface area contributed by atoms with Crippen molar-refractivity contribution in [1.29, 1.82) is 0 Å². The summed E-state index contributed by atoms with van der Waals surface area (Å²) in [5.74, 6) is 2.49. The van der Waals surface area contributed by atoms with E-state index in [4.69, 9.17) is 0 Å². The standard InChI is InChI=1S/C18H29N9O/c1-11(2)21-15(28)13-10-20-18(27(13)5)25-17-23-14(12-6-7-12)22-16(24-17)19-8-9-26(3)4/h10-12H,6-9H2,1-5H3,(H,21,28)(H2,19,20,22,23,24,25). The molecule has 2 aromatic heterocycles. The fourth-order valence-corrected chi connectivity index (χ4v) is 2.62. The Morgan fingerprint density at radius 2 is 1.96 bits per heavy atom. The molecule has 28 heavy (non-hydrogen) atoms. The Hall–Kier alpha value is -2.75. The van der Waals surface area contributed by atoms with Gasteiger partial charge in [-0.1, -0.05) is 0 Å². The van der Waals surface area contributed by atoms with Crippen molar-refractivity contribution in [2.75, 3.05) is 37.8 Å². The Morgan fingerprint density at radius 1 is 1.25 bits per heavy atom. The second kappa shape index (κ2) is 8.51. The molecule has 1 saturated carbocycles. The Labute approximate surface area is 165 Å². The lowest BCUT2D eigenvalue weighted by molar-refractivity contribution is 0.0935. The lowest BCUT2D eigenvalue weighted by atomic mass is 10.3. The molecule has 0 atom stereocenters. The molecule has 0 spiro atoms. The van der Waals surface area contributed by atoms with E-state index >= 15 is 0 Å². The molecule has 0 bridgehead atoms. The maximum absolute atomic E-state index is 12.3. The summed E-state index contributed by atoms with van der Waals surface area (Å²) in [6.07, 6.45) is 3.74. The molecule has 0 aromatic carbocycles. The highest BCUT2D eigenvalue weighted by Crippen LogP contribution is 2.38. The number of hydrogen-bond donors (Lipinski definition) is 3. The van der Waals surface area contributed by atoms with Crippen molar-refractivity contribution in [3.63, 3.8) is 0 Å². The number of amides is 1. The minimum Gasteiger partial charge on any atom is -0.353 e. The quantitative estimate of drug-likeness (QED) is 0.591. The molecule has 0 aliphatic heterocycles. The average molecular weight is 387 g/mol. The van der Waals surface area contributed by atoms with Crippen LogP contribution in [0.1, 0.15) is 48.9 Å². The van der Waals surface area contributed by atoms with E-state index in [0.29, 0.717) is 29.5 Å². The molecule has 3 N–H and O–H groups in total. The van der Waals surface area contributed by atoms with Gasteiger partial charge in [0.25, 0.3) is 5.91 Å². The molecule has 0 unspecified atom stereocenters. The molecule has 10 heteroatoms. The minimum atomic E-state index is -0.168. The number of carbonyl (C=O) groups is 1. The predicted octanol–water partition coefficient (Wildman–Crippen LogP) is 1.34. The van der Waals surface area contributed by atoms with Crippen LogP contribution >= 0.6 is 0 Å². The zero-order valence-electron chi connectivity index (χ0n) is 17.2. The Bertz CT molecular complexity index is 826. The fourth-order valence-electron chi connectivity index (χ4n) is 2.62. The molecule has 10 nitrogen and oxygen atoms in total. The van der Waals surface area contributed by atoms with Gasteiger partial charge in [-0.05, 0) is 40.8 Å². The van der Waals surface area contributed by atoms with E-state index < -0.39 is 0 Å². The van der Waals surface area contributed by atoms with Crippen molar-refractivity contribution >= 4 is 23.8 Å². The monoisotopic (exact) mass is 387 g/mol. The van der Waals surface area contributed by atoms with Gasteiger partial charge >= 0.3 is 0 Å². The maximum atomic E-state index is 12.3. The van der Waals surface area contributed by atoms with Crippen LogP contribution in [0.3, 0.4) is 0 Å². The summed E-state index contributed by atoms with van der Waals surface area (Å²) in [5, 5.41) is 9.24. The van der Waals surface area contributed by atoms with Crippen molar-refractivity contribution in [2.24, 2.45) is 7.05 Å². The number of likely N-dealkylation sites (N-methyl/N-ethyl adjacent to an activating group) is 1. The molecule has 0 radical (unpaired) electrons. The Kier molecular flexibility index (Phi) is 6.08. The molecular formula is C18H29N9O. The van der Waals surface area contributed by atoms with E-state index in [-0.39, 0.29) is 11.9 Å². The highest BCUT2D eigenvalue weighted by Gasteiger charge is 2.28. The van der Waals surface area contributed by atoms with Crippen molar-refractivity contribution in [3.05, 3.63) is 17.7 Å². The predicted molar refractivity (Wildman–Crippen MR) is 108 cm³/mol. The fraction of sp³-hybridized carbons (Fsp3) is 0.611. The molecule has 3 rings (SSSR count). The first-order chi connectivity index (χ1) is 13.3. The van der Waals surface area contributed by atoms with Crippen molar-refractivity contribution < 1.29 is 4.79 Å². The summed E-state index contributed by atoms with van der Waals surface area (Å²) in [6, 6.07) is 0.0549. The number of anilines is 3. The van der Waals surface area contributed by atoms with Crippen LogP contribution in [0.5, 0.6) is 0 Å². The van der Waals surface area contributed by atoms with Crippen molar-refractivity contribution in [1.82, 2.24) is 34.7 Å². The van der Waals surface area contributed by atoms with E-state index in [1.54, 1.807) is 17.8 Å². The number of hydrogen-bond acceptors (Lipinski definition) is 8. The van der Waals surface area contributed by atoms with Gasteiger partial charge in [-0.3, -0.25) is 10.1 Å². The highest BCUT2D eigenvalue weighted by atomic mass is 16.2. The van der Waals surface area contributed by atoms with Crippen molar-refractivity contribution in [3.8, 4) is 0 Å². The smallest absolute Gasteiger partial charge is 0.269 e. The van der Waals surface area contributed by atoms with Crippen LogP contribution in [-0.2, 0) is 7.05 Å². The topological polar surface area (TPSA) is 113 Å². The van der Waals surface area contributed by atoms with Crippen LogP contribution in [-0.4, -0.2) is 68.5 Å². The summed E-state index contributed by atoms with van der Waals surface area (Å²) >= 11 is 0. The van der Waals surface area contributed by atoms with Crippen LogP contribution in [0, 0.1) is 0 Å². The van der Waals surface area contributed by atoms with E-state index in [1.165, 1.54) is 0 Å². The molecule has 1 amide bonds. The Balaban J connectivity index is 1.77. The summed E-state index contributed by atoms with van der Waals surface area (Å²) < 4.78 is 1.69. The van der Waals surface area contributed by atoms with Crippen LogP contribution in [0.2, 0.25) is 0 Å². The molecular weight excluding hydrogens is 358 g/mol. The second-order valence-electron chi connectivity index (χ2n) is 7.62. The van der Waals surface area contributed by atoms with Gasteiger partial charge in [-0.25, -0.2) is 4.98 Å². The number of nitrogens with one attached hydrogen (secondary N) is 3. The van der Waals surface area contributed by atoms with E-state index in [1.807, 2.05) is 27.9 Å². The van der Waals surface area contributed by atoms with Crippen LogP contribution < -0.4 is 16.0 Å². The van der Waals surface area contributed by atoms with Gasteiger partial charge in [0.15, 0.2) is 0 Å². The number of carbonyl (C=O) groups excluding carboxylic acids is 1. The number of aromatic nitrogens is 5. The lowest BCUT2D eigenvalue weighted by Gasteiger charge is -2.13.